The van der Waals surface area contributed by atoms with Gasteiger partial charge in [0.2, 0.25) is 5.88 Å². The van der Waals surface area contributed by atoms with Gasteiger partial charge in [-0.2, -0.15) is 5.26 Å². The van der Waals surface area contributed by atoms with Crippen molar-refractivity contribution in [3.63, 3.8) is 0 Å². The highest BCUT2D eigenvalue weighted by Gasteiger charge is 2.24. The second-order valence-electron chi connectivity index (χ2n) is 5.71. The van der Waals surface area contributed by atoms with Crippen LogP contribution in [0, 0.1) is 28.4 Å². The zero-order valence-corrected chi connectivity index (χ0v) is 14.6. The van der Waals surface area contributed by atoms with Gasteiger partial charge in [0.1, 0.15) is 23.1 Å². The highest BCUT2D eigenvalue weighted by molar-refractivity contribution is 6.06. The quantitative estimate of drug-likeness (QED) is 0.495. The van der Waals surface area contributed by atoms with E-state index in [9.17, 15) is 25.0 Å². The summed E-state index contributed by atoms with van der Waals surface area (Å²) in [6, 6.07) is 5.84. The minimum atomic E-state index is -0.696. The van der Waals surface area contributed by atoms with Crippen molar-refractivity contribution >= 4 is 28.9 Å². The zero-order valence-electron chi connectivity index (χ0n) is 14.6. The fourth-order valence-corrected chi connectivity index (χ4v) is 2.53. The fraction of sp³-hybridized carbons (Fsp3) is 0.235. The van der Waals surface area contributed by atoms with Crippen LogP contribution in [0.5, 0.6) is 0 Å². The first kappa shape index (κ1) is 18.7. The number of carbonyl (C=O) groups is 2. The number of ketones is 1. The third-order valence-electron chi connectivity index (χ3n) is 3.69. The van der Waals surface area contributed by atoms with E-state index in [1.165, 1.54) is 26.0 Å². The Balaban J connectivity index is 2.42. The van der Waals surface area contributed by atoms with E-state index in [4.69, 9.17) is 4.42 Å². The Kier molecular flexibility index (Phi) is 5.07. The van der Waals surface area contributed by atoms with Crippen LogP contribution in [-0.2, 0) is 0 Å². The Morgan fingerprint density at radius 1 is 1.35 bits per heavy atom. The lowest BCUT2D eigenvalue weighted by atomic mass is 10.1. The van der Waals surface area contributed by atoms with Crippen LogP contribution in [0.4, 0.5) is 17.3 Å². The molecule has 1 aromatic heterocycles. The second kappa shape index (κ2) is 7.06. The molecule has 9 nitrogen and oxygen atoms in total. The summed E-state index contributed by atoms with van der Waals surface area (Å²) in [6.07, 6.45) is 0. The van der Waals surface area contributed by atoms with Crippen LogP contribution in [0.25, 0.3) is 0 Å². The summed E-state index contributed by atoms with van der Waals surface area (Å²) >= 11 is 0. The average molecular weight is 356 g/mol. The molecule has 0 fully saturated rings. The molecule has 0 aliphatic rings. The van der Waals surface area contributed by atoms with Crippen LogP contribution in [0.3, 0.4) is 0 Å². The molecule has 134 valence electrons. The van der Waals surface area contributed by atoms with Gasteiger partial charge >= 0.3 is 0 Å². The SMILES string of the molecule is CC(=O)c1c(C)oc(NC(=O)c2ccc(N(C)C)c([N+](=O)[O-])c2)c1C#N. The predicted molar refractivity (Wildman–Crippen MR) is 93.5 cm³/mol. The van der Waals surface area contributed by atoms with E-state index in [1.807, 2.05) is 6.07 Å². The maximum Gasteiger partial charge on any atom is 0.293 e. The Hall–Kier alpha value is -3.67. The van der Waals surface area contributed by atoms with Crippen LogP contribution in [0.15, 0.2) is 22.6 Å². The molecule has 0 bridgehead atoms. The molecule has 0 aliphatic carbocycles. The number of anilines is 2. The molecule has 1 amide bonds. The average Bonchev–Trinajstić information content (AvgIpc) is 2.89. The van der Waals surface area contributed by atoms with E-state index in [-0.39, 0.29) is 39.8 Å². The summed E-state index contributed by atoms with van der Waals surface area (Å²) in [5, 5.41) is 22.9. The lowest BCUT2D eigenvalue weighted by Gasteiger charge is -2.13. The summed E-state index contributed by atoms with van der Waals surface area (Å²) in [4.78, 5) is 36.3. The van der Waals surface area contributed by atoms with Crippen LogP contribution < -0.4 is 10.2 Å². The molecular formula is C17H16N4O5. The molecule has 9 heteroatoms. The molecule has 0 saturated heterocycles. The molecule has 0 unspecified atom stereocenters. The zero-order chi connectivity index (χ0) is 19.6. The minimum Gasteiger partial charge on any atom is -0.443 e. The Morgan fingerprint density at radius 2 is 2.00 bits per heavy atom. The molecule has 1 heterocycles. The molecule has 0 radical (unpaired) electrons. The smallest absolute Gasteiger partial charge is 0.293 e. The molecule has 2 rings (SSSR count). The molecule has 1 aromatic carbocycles. The molecule has 2 aromatic rings. The van der Waals surface area contributed by atoms with Crippen molar-refractivity contribution < 1.29 is 18.9 Å². The summed E-state index contributed by atoms with van der Waals surface area (Å²) in [5.41, 5.74) is 0.143. The topological polar surface area (TPSA) is 129 Å². The number of nitrogens with one attached hydrogen (secondary N) is 1. The van der Waals surface area contributed by atoms with Gasteiger partial charge in [-0.25, -0.2) is 0 Å². The number of nitriles is 1. The van der Waals surface area contributed by atoms with Gasteiger partial charge < -0.3 is 9.32 Å². The summed E-state index contributed by atoms with van der Waals surface area (Å²) in [5.74, 6) is -1.02. The van der Waals surface area contributed by atoms with Gasteiger partial charge in [0.05, 0.1) is 10.5 Å². The van der Waals surface area contributed by atoms with Crippen LogP contribution in [0.1, 0.15) is 39.0 Å². The number of nitro groups is 1. The summed E-state index contributed by atoms with van der Waals surface area (Å²) < 4.78 is 5.31. The summed E-state index contributed by atoms with van der Waals surface area (Å²) in [7, 11) is 3.30. The normalized spacial score (nSPS) is 10.1. The van der Waals surface area contributed by atoms with Crippen molar-refractivity contribution in [2.75, 3.05) is 24.3 Å². The van der Waals surface area contributed by atoms with Crippen molar-refractivity contribution in [2.45, 2.75) is 13.8 Å². The Labute approximate surface area is 149 Å². The third-order valence-corrected chi connectivity index (χ3v) is 3.69. The maximum atomic E-state index is 12.4. The molecule has 0 aliphatic heterocycles. The van der Waals surface area contributed by atoms with Gasteiger partial charge in [0.25, 0.3) is 11.6 Å². The van der Waals surface area contributed by atoms with Gasteiger partial charge in [0.15, 0.2) is 5.78 Å². The maximum absolute atomic E-state index is 12.4. The number of hydrogen-bond donors (Lipinski definition) is 1. The first-order valence-corrected chi connectivity index (χ1v) is 7.48. The van der Waals surface area contributed by atoms with Crippen molar-refractivity contribution in [3.05, 3.63) is 50.8 Å². The number of Topliss-reactive ketones (excluding diaryl/α,β-unsaturated/α-hetero) is 1. The van der Waals surface area contributed by atoms with E-state index in [1.54, 1.807) is 19.0 Å². The van der Waals surface area contributed by atoms with E-state index >= 15 is 0 Å². The third kappa shape index (κ3) is 3.39. The van der Waals surface area contributed by atoms with Crippen molar-refractivity contribution in [3.8, 4) is 6.07 Å². The first-order valence-electron chi connectivity index (χ1n) is 7.48. The van der Waals surface area contributed by atoms with Crippen LogP contribution in [0.2, 0.25) is 0 Å². The number of nitrogens with zero attached hydrogens (tertiary/aromatic N) is 3. The molecule has 0 atom stereocenters. The minimum absolute atomic E-state index is 0.0182. The highest BCUT2D eigenvalue weighted by Crippen LogP contribution is 2.30. The van der Waals surface area contributed by atoms with E-state index in [0.29, 0.717) is 5.69 Å². The number of nitro benzene ring substituents is 1. The second-order valence-corrected chi connectivity index (χ2v) is 5.71. The summed E-state index contributed by atoms with van der Waals surface area (Å²) in [6.45, 7) is 2.79. The van der Waals surface area contributed by atoms with E-state index < -0.39 is 10.8 Å². The molecule has 26 heavy (non-hydrogen) atoms. The van der Waals surface area contributed by atoms with E-state index in [2.05, 4.69) is 5.32 Å². The number of carbonyl (C=O) groups excluding carboxylic acids is 2. The van der Waals surface area contributed by atoms with Gasteiger partial charge in [-0.3, -0.25) is 25.0 Å². The molecular weight excluding hydrogens is 340 g/mol. The molecule has 0 saturated carbocycles. The standard InChI is InChI=1S/C17H16N4O5/c1-9(22)15-10(2)26-17(12(15)8-18)19-16(23)11-5-6-13(20(3)4)14(7-11)21(24)25/h5-7H,1-4H3,(H,19,23). The van der Waals surface area contributed by atoms with Gasteiger partial charge in [-0.15, -0.1) is 0 Å². The Bertz CT molecular complexity index is 953. The number of rotatable bonds is 5. The number of hydrogen-bond acceptors (Lipinski definition) is 7. The molecule has 0 spiro atoms. The number of benzene rings is 1. The lowest BCUT2D eigenvalue weighted by Crippen LogP contribution is -2.15. The van der Waals surface area contributed by atoms with Crippen molar-refractivity contribution in [1.29, 1.82) is 5.26 Å². The van der Waals surface area contributed by atoms with Crippen LogP contribution >= 0.6 is 0 Å². The van der Waals surface area contributed by atoms with Gasteiger partial charge in [-0.1, -0.05) is 0 Å². The lowest BCUT2D eigenvalue weighted by molar-refractivity contribution is -0.384. The van der Waals surface area contributed by atoms with Crippen molar-refractivity contribution in [2.24, 2.45) is 0 Å². The molecule has 1 N–H and O–H groups in total. The first-order chi connectivity index (χ1) is 12.2. The van der Waals surface area contributed by atoms with Crippen LogP contribution in [-0.4, -0.2) is 30.7 Å². The van der Waals surface area contributed by atoms with Gasteiger partial charge in [-0.05, 0) is 26.0 Å². The predicted octanol–water partition coefficient (Wildman–Crippen LogP) is 2.89. The number of amides is 1. The fourth-order valence-electron chi connectivity index (χ4n) is 2.53. The number of furan rings is 1. The highest BCUT2D eigenvalue weighted by atomic mass is 16.6. The number of aryl methyl sites for hydroxylation is 1. The van der Waals surface area contributed by atoms with Gasteiger partial charge in [0, 0.05) is 25.7 Å². The Morgan fingerprint density at radius 3 is 2.50 bits per heavy atom. The monoisotopic (exact) mass is 356 g/mol. The largest absolute Gasteiger partial charge is 0.443 e. The van der Waals surface area contributed by atoms with E-state index in [0.717, 1.165) is 6.07 Å². The van der Waals surface area contributed by atoms with Crippen molar-refractivity contribution in [1.82, 2.24) is 0 Å².